The summed E-state index contributed by atoms with van der Waals surface area (Å²) in [5, 5.41) is 4.96. The summed E-state index contributed by atoms with van der Waals surface area (Å²) >= 11 is 1.85. The summed E-state index contributed by atoms with van der Waals surface area (Å²) in [7, 11) is 0. The Hall–Kier alpha value is -8.77. The molecule has 0 fully saturated rings. The lowest BCUT2D eigenvalue weighted by atomic mass is 9.89. The fourth-order valence-electron chi connectivity index (χ4n) is 9.87. The summed E-state index contributed by atoms with van der Waals surface area (Å²) < 4.78 is 4.94. The van der Waals surface area contributed by atoms with Gasteiger partial charge in [-0.1, -0.05) is 194 Å². The third-order valence-corrected chi connectivity index (χ3v) is 14.2. The lowest BCUT2D eigenvalue weighted by Gasteiger charge is -2.16. The molecular formula is C63H40N4S. The van der Waals surface area contributed by atoms with Crippen LogP contribution in [0.4, 0.5) is 0 Å². The van der Waals surface area contributed by atoms with Gasteiger partial charge in [-0.2, -0.15) is 0 Å². The van der Waals surface area contributed by atoms with Crippen LogP contribution in [0, 0.1) is 0 Å². The van der Waals surface area contributed by atoms with Crippen LogP contribution in [0.3, 0.4) is 0 Å². The van der Waals surface area contributed by atoms with Gasteiger partial charge >= 0.3 is 0 Å². The van der Waals surface area contributed by atoms with Crippen molar-refractivity contribution >= 4 is 53.3 Å². The molecule has 3 aromatic heterocycles. The van der Waals surface area contributed by atoms with E-state index in [4.69, 9.17) is 15.0 Å². The van der Waals surface area contributed by atoms with Crippen molar-refractivity contribution in [2.75, 3.05) is 0 Å². The summed E-state index contributed by atoms with van der Waals surface area (Å²) in [6.45, 7) is 0. The molecule has 10 aromatic carbocycles. The van der Waals surface area contributed by atoms with Crippen LogP contribution in [-0.2, 0) is 0 Å². The number of hydrogen-bond donors (Lipinski definition) is 0. The standard InChI is InChI=1S/C63H40N4S/c1-6-18-41(19-7-1)49-33-30-45(38-53(49)42-20-8-2-9-21-42)46-31-34-50(54(39-46)63-65-61(43-22-10-3-11-23-43)64-62(66-63)44-24-12-4-13-25-44)47-32-36-57-55(40-47)59-58(68-57)37-35-52-51-28-16-17-29-56(51)67(60(52)59)48-26-14-5-15-27-48/h1-40H. The predicted molar refractivity (Wildman–Crippen MR) is 285 cm³/mol. The summed E-state index contributed by atoms with van der Waals surface area (Å²) in [6.07, 6.45) is 0. The molecule has 0 saturated carbocycles. The van der Waals surface area contributed by atoms with E-state index < -0.39 is 0 Å². The molecule has 318 valence electrons. The van der Waals surface area contributed by atoms with Gasteiger partial charge in [0.05, 0.1) is 11.0 Å². The molecule has 13 rings (SSSR count). The molecule has 5 heteroatoms. The van der Waals surface area contributed by atoms with Crippen LogP contribution < -0.4 is 0 Å². The van der Waals surface area contributed by atoms with Gasteiger partial charge < -0.3 is 4.57 Å². The minimum Gasteiger partial charge on any atom is -0.309 e. The summed E-state index contributed by atoms with van der Waals surface area (Å²) in [5.41, 5.74) is 15.4. The zero-order valence-electron chi connectivity index (χ0n) is 36.8. The monoisotopic (exact) mass is 884 g/mol. The van der Waals surface area contributed by atoms with Crippen molar-refractivity contribution in [3.8, 4) is 84.4 Å². The molecule has 0 unspecified atom stereocenters. The first-order chi connectivity index (χ1) is 33.7. The smallest absolute Gasteiger partial charge is 0.164 e. The Morgan fingerprint density at radius 2 is 0.779 bits per heavy atom. The van der Waals surface area contributed by atoms with E-state index in [2.05, 4.69) is 211 Å². The lowest BCUT2D eigenvalue weighted by Crippen LogP contribution is -2.01. The van der Waals surface area contributed by atoms with Crippen molar-refractivity contribution in [3.05, 3.63) is 243 Å². The second kappa shape index (κ2) is 16.6. The fraction of sp³-hybridized carbons (Fsp3) is 0. The van der Waals surface area contributed by atoms with Gasteiger partial charge in [0.2, 0.25) is 0 Å². The SMILES string of the molecule is c1ccc(-c2nc(-c3ccccc3)nc(-c3cc(-c4ccc(-c5ccccc5)c(-c5ccccc5)c4)ccc3-c3ccc4sc5ccc6c7ccccc7n(-c7ccccc7)c6c5c4c3)n2)cc1. The van der Waals surface area contributed by atoms with Gasteiger partial charge in [-0.3, -0.25) is 0 Å². The first-order valence-corrected chi connectivity index (χ1v) is 23.7. The van der Waals surface area contributed by atoms with E-state index in [-0.39, 0.29) is 0 Å². The Kier molecular flexibility index (Phi) is 9.66. The third-order valence-electron chi connectivity index (χ3n) is 13.1. The van der Waals surface area contributed by atoms with Crippen LogP contribution in [-0.4, -0.2) is 19.5 Å². The average Bonchev–Trinajstić information content (AvgIpc) is 3.97. The van der Waals surface area contributed by atoms with Crippen molar-refractivity contribution in [2.24, 2.45) is 0 Å². The maximum atomic E-state index is 5.33. The third kappa shape index (κ3) is 6.88. The summed E-state index contributed by atoms with van der Waals surface area (Å²) in [6, 6.07) is 86.5. The number of para-hydroxylation sites is 2. The molecule has 0 aliphatic rings. The van der Waals surface area contributed by atoms with Crippen molar-refractivity contribution < 1.29 is 0 Å². The Morgan fingerprint density at radius 1 is 0.294 bits per heavy atom. The van der Waals surface area contributed by atoms with E-state index in [9.17, 15) is 0 Å². The first-order valence-electron chi connectivity index (χ1n) is 22.9. The van der Waals surface area contributed by atoms with Gasteiger partial charge in [0, 0.05) is 53.3 Å². The predicted octanol–water partition coefficient (Wildman–Crippen LogP) is 17.0. The molecule has 13 aromatic rings. The molecule has 0 spiro atoms. The van der Waals surface area contributed by atoms with Gasteiger partial charge in [-0.15, -0.1) is 11.3 Å². The van der Waals surface area contributed by atoms with E-state index in [1.54, 1.807) is 0 Å². The number of nitrogens with zero attached hydrogens (tertiary/aromatic N) is 4. The van der Waals surface area contributed by atoms with Crippen LogP contribution in [0.15, 0.2) is 243 Å². The highest BCUT2D eigenvalue weighted by Crippen LogP contribution is 2.46. The van der Waals surface area contributed by atoms with E-state index >= 15 is 0 Å². The van der Waals surface area contributed by atoms with Crippen LogP contribution in [0.2, 0.25) is 0 Å². The molecule has 0 amide bonds. The Bertz CT molecular complexity index is 3940. The Balaban J connectivity index is 1.07. The maximum Gasteiger partial charge on any atom is 0.164 e. The average molecular weight is 885 g/mol. The van der Waals surface area contributed by atoms with Gasteiger partial charge in [-0.05, 0) is 93.0 Å². The van der Waals surface area contributed by atoms with Crippen LogP contribution in [0.25, 0.3) is 126 Å². The van der Waals surface area contributed by atoms with E-state index in [1.807, 2.05) is 47.7 Å². The van der Waals surface area contributed by atoms with Crippen molar-refractivity contribution in [1.82, 2.24) is 19.5 Å². The second-order valence-electron chi connectivity index (χ2n) is 17.1. The fourth-order valence-corrected chi connectivity index (χ4v) is 11.0. The molecule has 3 heterocycles. The van der Waals surface area contributed by atoms with E-state index in [0.29, 0.717) is 17.5 Å². The topological polar surface area (TPSA) is 43.6 Å². The van der Waals surface area contributed by atoms with E-state index in [1.165, 1.54) is 64.2 Å². The zero-order valence-corrected chi connectivity index (χ0v) is 37.6. The number of rotatable bonds is 8. The largest absolute Gasteiger partial charge is 0.309 e. The maximum absolute atomic E-state index is 5.33. The van der Waals surface area contributed by atoms with Gasteiger partial charge in [-0.25, -0.2) is 15.0 Å². The minimum absolute atomic E-state index is 0.612. The van der Waals surface area contributed by atoms with Crippen LogP contribution in [0.1, 0.15) is 0 Å². The molecule has 0 bridgehead atoms. The lowest BCUT2D eigenvalue weighted by molar-refractivity contribution is 1.07. The molecule has 4 nitrogen and oxygen atoms in total. The molecule has 68 heavy (non-hydrogen) atoms. The van der Waals surface area contributed by atoms with Crippen molar-refractivity contribution in [1.29, 1.82) is 0 Å². The minimum atomic E-state index is 0.612. The number of hydrogen-bond acceptors (Lipinski definition) is 4. The molecule has 0 saturated heterocycles. The number of aromatic nitrogens is 4. The van der Waals surface area contributed by atoms with Gasteiger partial charge in [0.15, 0.2) is 17.5 Å². The number of fused-ring (bicyclic) bond motifs is 7. The Labute approximate surface area is 397 Å². The van der Waals surface area contributed by atoms with Crippen molar-refractivity contribution in [2.45, 2.75) is 0 Å². The highest BCUT2D eigenvalue weighted by atomic mass is 32.1. The molecule has 0 atom stereocenters. The summed E-state index contributed by atoms with van der Waals surface area (Å²) in [5.74, 6) is 1.86. The first kappa shape index (κ1) is 39.6. The normalized spacial score (nSPS) is 11.5. The number of benzene rings is 10. The molecule has 0 aliphatic carbocycles. The molecule has 0 radical (unpaired) electrons. The molecule has 0 N–H and O–H groups in total. The zero-order chi connectivity index (χ0) is 45.0. The van der Waals surface area contributed by atoms with Gasteiger partial charge in [0.1, 0.15) is 0 Å². The Morgan fingerprint density at radius 3 is 1.41 bits per heavy atom. The quantitative estimate of drug-likeness (QED) is 0.153. The van der Waals surface area contributed by atoms with E-state index in [0.717, 1.165) is 44.6 Å². The van der Waals surface area contributed by atoms with Crippen molar-refractivity contribution in [3.63, 3.8) is 0 Å². The van der Waals surface area contributed by atoms with Crippen LogP contribution in [0.5, 0.6) is 0 Å². The second-order valence-corrected chi connectivity index (χ2v) is 18.2. The summed E-state index contributed by atoms with van der Waals surface area (Å²) in [4.78, 5) is 15.7. The molecule has 0 aliphatic heterocycles. The molecular weight excluding hydrogens is 845 g/mol. The highest BCUT2D eigenvalue weighted by Gasteiger charge is 2.21. The number of thiophene rings is 1. The van der Waals surface area contributed by atoms with Gasteiger partial charge in [0.25, 0.3) is 0 Å². The van der Waals surface area contributed by atoms with Crippen LogP contribution >= 0.6 is 11.3 Å². The highest BCUT2D eigenvalue weighted by molar-refractivity contribution is 7.26.